The second-order valence-electron chi connectivity index (χ2n) is 5.64. The molecule has 3 heterocycles. The van der Waals surface area contributed by atoms with E-state index >= 15 is 0 Å². The van der Waals surface area contributed by atoms with E-state index in [-0.39, 0.29) is 10.6 Å². The molecule has 7 nitrogen and oxygen atoms in total. The van der Waals surface area contributed by atoms with E-state index in [2.05, 4.69) is 15.0 Å². The first-order valence-electron chi connectivity index (χ1n) is 8.03. The molecule has 3 rings (SSSR count). The maximum absolute atomic E-state index is 12.5. The van der Waals surface area contributed by atoms with Gasteiger partial charge in [-0.05, 0) is 26.0 Å². The van der Waals surface area contributed by atoms with Crippen molar-refractivity contribution < 1.29 is 13.2 Å². The van der Waals surface area contributed by atoms with Crippen molar-refractivity contribution >= 4 is 20.9 Å². The Hall–Kier alpha value is -2.48. The second kappa shape index (κ2) is 6.44. The van der Waals surface area contributed by atoms with Crippen LogP contribution in [0.3, 0.4) is 0 Å². The van der Waals surface area contributed by atoms with Crippen LogP contribution in [0.5, 0.6) is 5.88 Å². The van der Waals surface area contributed by atoms with Gasteiger partial charge in [-0.1, -0.05) is 6.92 Å². The molecule has 0 aliphatic heterocycles. The van der Waals surface area contributed by atoms with Crippen LogP contribution in [0.4, 0.5) is 0 Å². The SMILES string of the molecule is CCOc1ccc(S(=O)(=O)CC)c(-c2nc3cc(C)ncc3n2C)n1. The highest BCUT2D eigenvalue weighted by Gasteiger charge is 2.23. The first-order valence-corrected chi connectivity index (χ1v) is 9.68. The van der Waals surface area contributed by atoms with Gasteiger partial charge < -0.3 is 9.30 Å². The van der Waals surface area contributed by atoms with E-state index in [1.165, 1.54) is 6.07 Å². The topological polar surface area (TPSA) is 87.0 Å². The van der Waals surface area contributed by atoms with Crippen LogP contribution in [0.2, 0.25) is 0 Å². The Balaban J connectivity index is 2.31. The van der Waals surface area contributed by atoms with E-state index in [1.54, 1.807) is 23.8 Å². The number of imidazole rings is 1. The maximum Gasteiger partial charge on any atom is 0.213 e. The lowest BCUT2D eigenvalue weighted by Crippen LogP contribution is -2.09. The van der Waals surface area contributed by atoms with E-state index in [0.29, 0.717) is 24.0 Å². The van der Waals surface area contributed by atoms with Crippen LogP contribution >= 0.6 is 0 Å². The quantitative estimate of drug-likeness (QED) is 0.695. The first kappa shape index (κ1) is 17.3. The van der Waals surface area contributed by atoms with Crippen LogP contribution in [-0.4, -0.2) is 40.3 Å². The van der Waals surface area contributed by atoms with Crippen molar-refractivity contribution in [2.75, 3.05) is 12.4 Å². The summed E-state index contributed by atoms with van der Waals surface area (Å²) in [6.45, 7) is 5.78. The lowest BCUT2D eigenvalue weighted by Gasteiger charge is -2.11. The number of hydrogen-bond acceptors (Lipinski definition) is 6. The molecule has 0 unspecified atom stereocenters. The standard InChI is InChI=1S/C17H20N4O3S/c1-5-24-15-8-7-14(25(22,23)6-2)16(20-15)17-19-12-9-11(3)18-10-13(12)21(17)4/h7-10H,5-6H2,1-4H3. The minimum atomic E-state index is -3.46. The molecule has 0 saturated heterocycles. The fourth-order valence-corrected chi connectivity index (χ4v) is 3.64. The molecule has 0 radical (unpaired) electrons. The molecule has 0 N–H and O–H groups in total. The summed E-state index contributed by atoms with van der Waals surface area (Å²) < 4.78 is 32.3. The largest absolute Gasteiger partial charge is 0.478 e. The molecule has 0 aliphatic rings. The third kappa shape index (κ3) is 3.09. The molecule has 3 aromatic rings. The zero-order valence-electron chi connectivity index (χ0n) is 14.6. The third-order valence-corrected chi connectivity index (χ3v) is 5.72. The van der Waals surface area contributed by atoms with Crippen LogP contribution in [0.25, 0.3) is 22.6 Å². The number of aryl methyl sites for hydroxylation is 2. The predicted molar refractivity (Wildman–Crippen MR) is 95.4 cm³/mol. The number of aromatic nitrogens is 4. The summed E-state index contributed by atoms with van der Waals surface area (Å²) in [5.41, 5.74) is 2.69. The van der Waals surface area contributed by atoms with Crippen LogP contribution in [0.1, 0.15) is 19.5 Å². The van der Waals surface area contributed by atoms with Gasteiger partial charge in [-0.3, -0.25) is 4.98 Å². The molecule has 0 saturated carbocycles. The van der Waals surface area contributed by atoms with Gasteiger partial charge in [0.1, 0.15) is 5.69 Å². The Kier molecular flexibility index (Phi) is 4.47. The summed E-state index contributed by atoms with van der Waals surface area (Å²) in [5.74, 6) is 0.824. The van der Waals surface area contributed by atoms with Crippen LogP contribution in [0, 0.1) is 6.92 Å². The first-order chi connectivity index (χ1) is 11.9. The minimum absolute atomic E-state index is 0.0136. The van der Waals surface area contributed by atoms with E-state index < -0.39 is 9.84 Å². The predicted octanol–water partition coefficient (Wildman–Crippen LogP) is 2.53. The van der Waals surface area contributed by atoms with Crippen molar-refractivity contribution in [3.63, 3.8) is 0 Å². The van der Waals surface area contributed by atoms with Gasteiger partial charge in [0.05, 0.1) is 34.5 Å². The molecule has 25 heavy (non-hydrogen) atoms. The summed E-state index contributed by atoms with van der Waals surface area (Å²) in [6, 6.07) is 4.97. The zero-order valence-corrected chi connectivity index (χ0v) is 15.5. The average Bonchev–Trinajstić information content (AvgIpc) is 2.91. The molecule has 0 aliphatic carbocycles. The van der Waals surface area contributed by atoms with Crippen LogP contribution in [0.15, 0.2) is 29.3 Å². The van der Waals surface area contributed by atoms with Gasteiger partial charge >= 0.3 is 0 Å². The van der Waals surface area contributed by atoms with Crippen molar-refractivity contribution in [2.24, 2.45) is 7.05 Å². The number of hydrogen-bond donors (Lipinski definition) is 0. The van der Waals surface area contributed by atoms with Crippen molar-refractivity contribution in [3.05, 3.63) is 30.1 Å². The summed E-state index contributed by atoms with van der Waals surface area (Å²) in [5, 5.41) is 0. The zero-order chi connectivity index (χ0) is 18.2. The minimum Gasteiger partial charge on any atom is -0.478 e. The highest BCUT2D eigenvalue weighted by Crippen LogP contribution is 2.30. The summed E-state index contributed by atoms with van der Waals surface area (Å²) in [7, 11) is -1.64. The smallest absolute Gasteiger partial charge is 0.213 e. The van der Waals surface area contributed by atoms with Crippen molar-refractivity contribution in [1.29, 1.82) is 0 Å². The number of rotatable bonds is 5. The van der Waals surface area contributed by atoms with E-state index in [4.69, 9.17) is 4.74 Å². The molecule has 0 atom stereocenters. The van der Waals surface area contributed by atoms with Crippen LogP contribution < -0.4 is 4.74 Å². The highest BCUT2D eigenvalue weighted by molar-refractivity contribution is 7.91. The molecule has 8 heteroatoms. The fourth-order valence-electron chi connectivity index (χ4n) is 2.62. The second-order valence-corrected chi connectivity index (χ2v) is 7.89. The maximum atomic E-state index is 12.5. The third-order valence-electron chi connectivity index (χ3n) is 3.96. The molecule has 0 bridgehead atoms. The average molecular weight is 360 g/mol. The number of fused-ring (bicyclic) bond motifs is 1. The molecular formula is C17H20N4O3S. The number of ether oxygens (including phenoxy) is 1. The monoisotopic (exact) mass is 360 g/mol. The number of pyridine rings is 2. The number of nitrogens with zero attached hydrogens (tertiary/aromatic N) is 4. The molecule has 132 valence electrons. The molecule has 0 aromatic carbocycles. The van der Waals surface area contributed by atoms with E-state index in [1.807, 2.05) is 27.0 Å². The summed E-state index contributed by atoms with van der Waals surface area (Å²) >= 11 is 0. The van der Waals surface area contributed by atoms with Crippen LogP contribution in [-0.2, 0) is 16.9 Å². The summed E-state index contributed by atoms with van der Waals surface area (Å²) in [4.78, 5) is 13.5. The van der Waals surface area contributed by atoms with Gasteiger partial charge in [0.25, 0.3) is 0 Å². The molecule has 0 fully saturated rings. The van der Waals surface area contributed by atoms with Gasteiger partial charge in [0.15, 0.2) is 15.7 Å². The Morgan fingerprint density at radius 2 is 1.96 bits per heavy atom. The van der Waals surface area contributed by atoms with Crippen molar-refractivity contribution in [2.45, 2.75) is 25.7 Å². The van der Waals surface area contributed by atoms with E-state index in [9.17, 15) is 8.42 Å². The molecular weight excluding hydrogens is 340 g/mol. The normalized spacial score (nSPS) is 11.8. The Labute approximate surface area is 146 Å². The van der Waals surface area contributed by atoms with Crippen molar-refractivity contribution in [3.8, 4) is 17.4 Å². The van der Waals surface area contributed by atoms with E-state index in [0.717, 1.165) is 16.7 Å². The van der Waals surface area contributed by atoms with Gasteiger partial charge in [0.2, 0.25) is 5.88 Å². The lowest BCUT2D eigenvalue weighted by atomic mass is 10.3. The highest BCUT2D eigenvalue weighted by atomic mass is 32.2. The van der Waals surface area contributed by atoms with Crippen molar-refractivity contribution in [1.82, 2.24) is 19.5 Å². The number of sulfone groups is 1. The molecule has 3 aromatic heterocycles. The van der Waals surface area contributed by atoms with Gasteiger partial charge in [-0.15, -0.1) is 0 Å². The lowest BCUT2D eigenvalue weighted by molar-refractivity contribution is 0.327. The van der Waals surface area contributed by atoms with Gasteiger partial charge in [-0.2, -0.15) is 0 Å². The molecule has 0 spiro atoms. The Morgan fingerprint density at radius 1 is 1.20 bits per heavy atom. The Bertz CT molecular complexity index is 1040. The molecule has 0 amide bonds. The Morgan fingerprint density at radius 3 is 2.64 bits per heavy atom. The van der Waals surface area contributed by atoms with Gasteiger partial charge in [0, 0.05) is 18.8 Å². The summed E-state index contributed by atoms with van der Waals surface area (Å²) in [6.07, 6.45) is 1.72. The fraction of sp³-hybridized carbons (Fsp3) is 0.353. The van der Waals surface area contributed by atoms with Gasteiger partial charge in [-0.25, -0.2) is 18.4 Å².